The van der Waals surface area contributed by atoms with Gasteiger partial charge in [-0.25, -0.2) is 0 Å². The average Bonchev–Trinajstić information content (AvgIpc) is 2.61. The summed E-state index contributed by atoms with van der Waals surface area (Å²) in [6, 6.07) is 0. The van der Waals surface area contributed by atoms with Crippen LogP contribution >= 0.6 is 11.3 Å². The average molecular weight is 169 g/mol. The molecule has 0 aromatic carbocycles. The fraction of sp³-hybridized carbons (Fsp3) is 0.429. The number of aromatic nitrogens is 1. The number of carboxylic acid groups (broad SMARTS) is 1. The Labute approximate surface area is 67.7 Å². The van der Waals surface area contributed by atoms with Gasteiger partial charge in [0.15, 0.2) is 0 Å². The highest BCUT2D eigenvalue weighted by atomic mass is 32.1. The number of hydrogen-bond donors (Lipinski definition) is 1. The summed E-state index contributed by atoms with van der Waals surface area (Å²) in [7, 11) is 0. The van der Waals surface area contributed by atoms with Crippen LogP contribution in [0, 0.1) is 0 Å². The van der Waals surface area contributed by atoms with E-state index in [0.717, 1.165) is 17.7 Å². The Morgan fingerprint density at radius 1 is 1.73 bits per heavy atom. The Balaban J connectivity index is 2.36. The van der Waals surface area contributed by atoms with Crippen LogP contribution in [0.3, 0.4) is 0 Å². The lowest BCUT2D eigenvalue weighted by atomic mass is 10.1. The summed E-state index contributed by atoms with van der Waals surface area (Å²) in [5.74, 6) is -0.707. The summed E-state index contributed by atoms with van der Waals surface area (Å²) in [6.45, 7) is 0. The van der Waals surface area contributed by atoms with Crippen molar-refractivity contribution in [3.05, 3.63) is 16.6 Å². The van der Waals surface area contributed by atoms with E-state index in [-0.39, 0.29) is 0 Å². The van der Waals surface area contributed by atoms with Crippen LogP contribution < -0.4 is 0 Å². The smallest absolute Gasteiger partial charge is 0.315 e. The van der Waals surface area contributed by atoms with E-state index in [2.05, 4.69) is 4.98 Å². The second-order valence-corrected chi connectivity index (χ2v) is 3.64. The third kappa shape index (κ3) is 0.860. The fourth-order valence-corrected chi connectivity index (χ4v) is 2.02. The molecule has 0 bridgehead atoms. The number of aliphatic carboxylic acids is 1. The molecule has 0 spiro atoms. The van der Waals surface area contributed by atoms with Gasteiger partial charge in [0.25, 0.3) is 0 Å². The first-order chi connectivity index (χ1) is 5.26. The van der Waals surface area contributed by atoms with Crippen molar-refractivity contribution in [2.24, 2.45) is 0 Å². The normalized spacial score (nSPS) is 19.6. The number of rotatable bonds is 2. The minimum Gasteiger partial charge on any atom is -0.481 e. The molecule has 0 radical (unpaired) electrons. The largest absolute Gasteiger partial charge is 0.481 e. The standard InChI is InChI=1S/C7H7NO2S/c9-6(10)7(1-2-7)5-3-8-4-11-5/h3-4H,1-2H2,(H,9,10). The molecule has 1 fully saturated rings. The first kappa shape index (κ1) is 6.79. The molecule has 4 heteroatoms. The van der Waals surface area contributed by atoms with E-state index in [4.69, 9.17) is 5.11 Å². The Kier molecular flexibility index (Phi) is 1.26. The van der Waals surface area contributed by atoms with Crippen molar-refractivity contribution in [1.82, 2.24) is 4.98 Å². The molecule has 58 valence electrons. The Morgan fingerprint density at radius 2 is 2.45 bits per heavy atom. The highest BCUT2D eigenvalue weighted by molar-refractivity contribution is 7.10. The highest BCUT2D eigenvalue weighted by Gasteiger charge is 2.52. The second kappa shape index (κ2) is 2.04. The van der Waals surface area contributed by atoms with E-state index in [1.807, 2.05) is 0 Å². The fourth-order valence-electron chi connectivity index (χ4n) is 1.14. The predicted octanol–water partition coefficient (Wildman–Crippen LogP) is 1.26. The van der Waals surface area contributed by atoms with Crippen LogP contribution in [0.2, 0.25) is 0 Å². The zero-order valence-electron chi connectivity index (χ0n) is 5.78. The van der Waals surface area contributed by atoms with Crippen LogP contribution in [0.5, 0.6) is 0 Å². The van der Waals surface area contributed by atoms with Crippen molar-refractivity contribution in [3.8, 4) is 0 Å². The molecule has 0 saturated heterocycles. The molecule has 1 aromatic rings. The van der Waals surface area contributed by atoms with Crippen LogP contribution in [0.4, 0.5) is 0 Å². The number of carboxylic acids is 1. The third-order valence-electron chi connectivity index (χ3n) is 2.06. The summed E-state index contributed by atoms with van der Waals surface area (Å²) in [5.41, 5.74) is 1.12. The molecule has 1 N–H and O–H groups in total. The van der Waals surface area contributed by atoms with E-state index in [9.17, 15) is 4.79 Å². The molecule has 1 aromatic heterocycles. The van der Waals surface area contributed by atoms with E-state index in [1.165, 1.54) is 11.3 Å². The number of thiazole rings is 1. The van der Waals surface area contributed by atoms with Gasteiger partial charge in [-0.3, -0.25) is 9.78 Å². The van der Waals surface area contributed by atoms with Gasteiger partial charge < -0.3 is 5.11 Å². The molecule has 2 rings (SSSR count). The summed E-state index contributed by atoms with van der Waals surface area (Å²) in [4.78, 5) is 15.5. The maximum Gasteiger partial charge on any atom is 0.315 e. The Hall–Kier alpha value is -0.900. The Morgan fingerprint density at radius 3 is 2.82 bits per heavy atom. The van der Waals surface area contributed by atoms with Gasteiger partial charge in [0.05, 0.1) is 5.51 Å². The zero-order chi connectivity index (χ0) is 7.90. The molecule has 0 atom stereocenters. The quantitative estimate of drug-likeness (QED) is 0.725. The number of hydrogen-bond acceptors (Lipinski definition) is 3. The van der Waals surface area contributed by atoms with E-state index in [0.29, 0.717) is 0 Å². The van der Waals surface area contributed by atoms with Gasteiger partial charge in [-0.2, -0.15) is 0 Å². The molecule has 0 aliphatic heterocycles. The van der Waals surface area contributed by atoms with Crippen LogP contribution in [0.15, 0.2) is 11.7 Å². The molecule has 1 saturated carbocycles. The van der Waals surface area contributed by atoms with E-state index >= 15 is 0 Å². The number of carbonyl (C=O) groups is 1. The molecule has 3 nitrogen and oxygen atoms in total. The van der Waals surface area contributed by atoms with Crippen molar-refractivity contribution in [2.45, 2.75) is 18.3 Å². The van der Waals surface area contributed by atoms with Gasteiger partial charge >= 0.3 is 5.97 Å². The summed E-state index contributed by atoms with van der Waals surface area (Å²) in [6.07, 6.45) is 3.20. The summed E-state index contributed by atoms with van der Waals surface area (Å²) in [5, 5.41) is 8.85. The number of nitrogens with zero attached hydrogens (tertiary/aromatic N) is 1. The minimum absolute atomic E-state index is 0.554. The summed E-state index contributed by atoms with van der Waals surface area (Å²) >= 11 is 1.43. The highest BCUT2D eigenvalue weighted by Crippen LogP contribution is 2.49. The summed E-state index contributed by atoms with van der Waals surface area (Å²) < 4.78 is 0. The van der Waals surface area contributed by atoms with Gasteiger partial charge in [0.2, 0.25) is 0 Å². The molecule has 0 amide bonds. The van der Waals surface area contributed by atoms with Crippen LogP contribution in [0.25, 0.3) is 0 Å². The second-order valence-electron chi connectivity index (χ2n) is 2.75. The SMILES string of the molecule is O=C(O)C1(c2cncs2)CC1. The molecule has 1 aliphatic carbocycles. The van der Waals surface area contributed by atoms with Crippen LogP contribution in [0.1, 0.15) is 17.7 Å². The molecule has 1 heterocycles. The molecule has 0 unspecified atom stereocenters. The van der Waals surface area contributed by atoms with Crippen molar-refractivity contribution >= 4 is 17.3 Å². The molecular formula is C7H7NO2S. The predicted molar refractivity (Wildman–Crippen MR) is 40.7 cm³/mol. The zero-order valence-corrected chi connectivity index (χ0v) is 6.60. The minimum atomic E-state index is -0.707. The van der Waals surface area contributed by atoms with Crippen molar-refractivity contribution in [1.29, 1.82) is 0 Å². The first-order valence-corrected chi connectivity index (χ1v) is 4.26. The van der Waals surface area contributed by atoms with Crippen LogP contribution in [-0.2, 0) is 10.2 Å². The maximum atomic E-state index is 10.8. The van der Waals surface area contributed by atoms with Gasteiger partial charge in [-0.1, -0.05) is 0 Å². The van der Waals surface area contributed by atoms with Crippen molar-refractivity contribution in [2.75, 3.05) is 0 Å². The molecule has 1 aliphatic rings. The lowest BCUT2D eigenvalue weighted by Gasteiger charge is -2.03. The molecule has 11 heavy (non-hydrogen) atoms. The van der Waals surface area contributed by atoms with Crippen LogP contribution in [-0.4, -0.2) is 16.1 Å². The maximum absolute atomic E-state index is 10.8. The van der Waals surface area contributed by atoms with Gasteiger partial charge in [0.1, 0.15) is 5.41 Å². The topological polar surface area (TPSA) is 50.2 Å². The monoisotopic (exact) mass is 169 g/mol. The van der Waals surface area contributed by atoms with Crippen molar-refractivity contribution in [3.63, 3.8) is 0 Å². The van der Waals surface area contributed by atoms with E-state index in [1.54, 1.807) is 11.7 Å². The van der Waals surface area contributed by atoms with Gasteiger partial charge in [-0.15, -0.1) is 11.3 Å². The first-order valence-electron chi connectivity index (χ1n) is 3.38. The van der Waals surface area contributed by atoms with Crippen molar-refractivity contribution < 1.29 is 9.90 Å². The Bertz CT molecular complexity index is 277. The molecular weight excluding hydrogens is 162 g/mol. The lowest BCUT2D eigenvalue weighted by molar-refractivity contribution is -0.139. The van der Waals surface area contributed by atoms with Gasteiger partial charge in [-0.05, 0) is 12.8 Å². The van der Waals surface area contributed by atoms with Gasteiger partial charge in [0, 0.05) is 11.1 Å². The van der Waals surface area contributed by atoms with E-state index < -0.39 is 11.4 Å². The lowest BCUT2D eigenvalue weighted by Crippen LogP contribution is -2.17. The third-order valence-corrected chi connectivity index (χ3v) is 3.04.